The van der Waals surface area contributed by atoms with E-state index in [1.165, 1.54) is 11.1 Å². The van der Waals surface area contributed by atoms with Gasteiger partial charge in [0.05, 0.1) is 24.9 Å². The number of nitrogens with zero attached hydrogens (tertiary/aromatic N) is 4. The first kappa shape index (κ1) is 16.0. The largest absolute Gasteiger partial charge is 0.379 e. The Morgan fingerprint density at radius 1 is 1.19 bits per heavy atom. The van der Waals surface area contributed by atoms with Gasteiger partial charge in [-0.05, 0) is 49.7 Å². The number of amides is 1. The first-order chi connectivity index (χ1) is 12.8. The Labute approximate surface area is 153 Å². The van der Waals surface area contributed by atoms with Gasteiger partial charge in [0.2, 0.25) is 0 Å². The van der Waals surface area contributed by atoms with Crippen LogP contribution in [-0.2, 0) is 11.2 Å². The van der Waals surface area contributed by atoms with Crippen LogP contribution in [0.4, 0.5) is 0 Å². The average molecular weight is 352 g/mol. The third kappa shape index (κ3) is 2.82. The van der Waals surface area contributed by atoms with Gasteiger partial charge in [-0.3, -0.25) is 4.79 Å². The van der Waals surface area contributed by atoms with Crippen LogP contribution >= 0.6 is 0 Å². The predicted octanol–water partition coefficient (Wildman–Crippen LogP) is 2.92. The van der Waals surface area contributed by atoms with Crippen LogP contribution in [0.1, 0.15) is 65.8 Å². The molecular formula is C20H24N4O2. The molecule has 2 aromatic rings. The van der Waals surface area contributed by atoms with Gasteiger partial charge in [-0.15, -0.1) is 5.10 Å². The summed E-state index contributed by atoms with van der Waals surface area (Å²) in [4.78, 5) is 15.4. The van der Waals surface area contributed by atoms with Crippen LogP contribution in [0.3, 0.4) is 0 Å². The van der Waals surface area contributed by atoms with Crippen LogP contribution in [0.15, 0.2) is 30.5 Å². The topological polar surface area (TPSA) is 60.3 Å². The van der Waals surface area contributed by atoms with Crippen molar-refractivity contribution >= 4 is 5.91 Å². The molecule has 1 saturated heterocycles. The second-order valence-corrected chi connectivity index (χ2v) is 7.65. The van der Waals surface area contributed by atoms with E-state index >= 15 is 0 Å². The predicted molar refractivity (Wildman–Crippen MR) is 95.8 cm³/mol. The number of fused-ring (bicyclic) bond motifs is 1. The number of benzene rings is 1. The molecule has 6 heteroatoms. The lowest BCUT2D eigenvalue weighted by Gasteiger charge is -2.35. The third-order valence-electron chi connectivity index (χ3n) is 5.86. The number of carbonyl (C=O) groups excluding carboxylic acids is 1. The van der Waals surface area contributed by atoms with Crippen LogP contribution in [0.2, 0.25) is 0 Å². The van der Waals surface area contributed by atoms with Crippen molar-refractivity contribution in [2.45, 2.75) is 56.7 Å². The van der Waals surface area contributed by atoms with E-state index in [9.17, 15) is 4.79 Å². The van der Waals surface area contributed by atoms with Gasteiger partial charge in [0.15, 0.2) is 5.69 Å². The normalized spacial score (nSPS) is 25.1. The fraction of sp³-hybridized carbons (Fsp3) is 0.550. The molecule has 136 valence electrons. The summed E-state index contributed by atoms with van der Waals surface area (Å²) in [6, 6.07) is 9.29. The average Bonchev–Trinajstić information content (AvgIpc) is 3.16. The summed E-state index contributed by atoms with van der Waals surface area (Å²) in [6.45, 7) is 1.40. The molecule has 26 heavy (non-hydrogen) atoms. The summed E-state index contributed by atoms with van der Waals surface area (Å²) >= 11 is 0. The Bertz CT molecular complexity index is 808. The number of hydrogen-bond donors (Lipinski definition) is 0. The van der Waals surface area contributed by atoms with Gasteiger partial charge >= 0.3 is 0 Å². The molecule has 2 atom stereocenters. The summed E-state index contributed by atoms with van der Waals surface area (Å²) < 4.78 is 7.23. The monoisotopic (exact) mass is 352 g/mol. The van der Waals surface area contributed by atoms with Crippen LogP contribution in [0.5, 0.6) is 0 Å². The van der Waals surface area contributed by atoms with Gasteiger partial charge in [-0.25, -0.2) is 4.68 Å². The van der Waals surface area contributed by atoms with Crippen LogP contribution in [0.25, 0.3) is 0 Å². The molecule has 0 N–H and O–H groups in total. The first-order valence-electron chi connectivity index (χ1n) is 9.71. The second-order valence-electron chi connectivity index (χ2n) is 7.65. The lowest BCUT2D eigenvalue weighted by molar-refractivity contribution is 0.0631. The zero-order valence-corrected chi connectivity index (χ0v) is 14.9. The van der Waals surface area contributed by atoms with E-state index in [-0.39, 0.29) is 18.0 Å². The maximum absolute atomic E-state index is 13.3. The standard InChI is InChI=1S/C20H24N4O2/c25-20(18-12-23(22-21-18)16-10-11-26-13-16)24(15-8-9-15)19-7-3-5-14-4-1-2-6-17(14)19/h1-2,4,6,12,15-16,19H,3,5,7-11,13H2. The molecule has 0 spiro atoms. The van der Waals surface area contributed by atoms with Gasteiger partial charge < -0.3 is 9.64 Å². The van der Waals surface area contributed by atoms with Crippen molar-refractivity contribution in [3.63, 3.8) is 0 Å². The van der Waals surface area contributed by atoms with E-state index in [0.29, 0.717) is 18.3 Å². The lowest BCUT2D eigenvalue weighted by Crippen LogP contribution is -2.38. The smallest absolute Gasteiger partial charge is 0.276 e. The quantitative estimate of drug-likeness (QED) is 0.849. The fourth-order valence-electron chi connectivity index (χ4n) is 4.35. The van der Waals surface area contributed by atoms with Crippen LogP contribution in [0, 0.1) is 0 Å². The molecule has 0 radical (unpaired) electrons. The zero-order valence-electron chi connectivity index (χ0n) is 14.9. The molecule has 6 nitrogen and oxygen atoms in total. The van der Waals surface area contributed by atoms with Crippen molar-refractivity contribution in [1.82, 2.24) is 19.9 Å². The molecule has 2 heterocycles. The molecule has 2 unspecified atom stereocenters. The van der Waals surface area contributed by atoms with Gasteiger partial charge in [0.1, 0.15) is 0 Å². The van der Waals surface area contributed by atoms with Crippen molar-refractivity contribution in [2.75, 3.05) is 13.2 Å². The SMILES string of the molecule is O=C(c1cn(C2CCOC2)nn1)N(C1CC1)C1CCCc2ccccc21. The molecule has 2 aliphatic carbocycles. The number of carbonyl (C=O) groups is 1. The zero-order chi connectivity index (χ0) is 17.5. The minimum absolute atomic E-state index is 0.0272. The molecule has 1 amide bonds. The Morgan fingerprint density at radius 2 is 2.08 bits per heavy atom. The Balaban J connectivity index is 1.44. The Hall–Kier alpha value is -2.21. The molecule has 1 saturated carbocycles. The summed E-state index contributed by atoms with van der Waals surface area (Å²) in [6.07, 6.45) is 8.19. The van der Waals surface area contributed by atoms with E-state index in [1.54, 1.807) is 4.68 Å². The number of hydrogen-bond acceptors (Lipinski definition) is 4. The van der Waals surface area contributed by atoms with Crippen molar-refractivity contribution in [3.8, 4) is 0 Å². The molecule has 1 aromatic carbocycles. The minimum Gasteiger partial charge on any atom is -0.379 e. The Morgan fingerprint density at radius 3 is 2.88 bits per heavy atom. The highest BCUT2D eigenvalue weighted by atomic mass is 16.5. The van der Waals surface area contributed by atoms with Crippen LogP contribution < -0.4 is 0 Å². The summed E-state index contributed by atoms with van der Waals surface area (Å²) in [5.41, 5.74) is 3.16. The highest BCUT2D eigenvalue weighted by Crippen LogP contribution is 2.41. The molecule has 0 bridgehead atoms. The highest BCUT2D eigenvalue weighted by molar-refractivity contribution is 5.92. The van der Waals surface area contributed by atoms with Gasteiger partial charge in [-0.2, -0.15) is 0 Å². The molecule has 3 aliphatic rings. The fourth-order valence-corrected chi connectivity index (χ4v) is 4.35. The molecule has 1 aromatic heterocycles. The number of rotatable bonds is 4. The minimum atomic E-state index is 0.0272. The summed E-state index contributed by atoms with van der Waals surface area (Å²) in [5.74, 6) is 0.0272. The van der Waals surface area contributed by atoms with Crippen molar-refractivity contribution in [2.24, 2.45) is 0 Å². The van der Waals surface area contributed by atoms with E-state index < -0.39 is 0 Å². The van der Waals surface area contributed by atoms with Gasteiger partial charge in [0, 0.05) is 12.6 Å². The van der Waals surface area contributed by atoms with Gasteiger partial charge in [-0.1, -0.05) is 29.5 Å². The van der Waals surface area contributed by atoms with E-state index in [0.717, 1.165) is 45.1 Å². The highest BCUT2D eigenvalue weighted by Gasteiger charge is 2.40. The van der Waals surface area contributed by atoms with Crippen molar-refractivity contribution < 1.29 is 9.53 Å². The number of aryl methyl sites for hydroxylation is 1. The van der Waals surface area contributed by atoms with E-state index in [2.05, 4.69) is 39.5 Å². The molecule has 5 rings (SSSR count). The van der Waals surface area contributed by atoms with Crippen molar-refractivity contribution in [3.05, 3.63) is 47.3 Å². The Kier molecular flexibility index (Phi) is 4.00. The molecule has 2 fully saturated rings. The second kappa shape index (κ2) is 6.50. The first-order valence-corrected chi connectivity index (χ1v) is 9.71. The summed E-state index contributed by atoms with van der Waals surface area (Å²) in [5, 5.41) is 8.42. The summed E-state index contributed by atoms with van der Waals surface area (Å²) in [7, 11) is 0. The third-order valence-corrected chi connectivity index (χ3v) is 5.86. The molecule has 1 aliphatic heterocycles. The van der Waals surface area contributed by atoms with E-state index in [1.807, 2.05) is 6.20 Å². The lowest BCUT2D eigenvalue weighted by atomic mass is 9.86. The van der Waals surface area contributed by atoms with Gasteiger partial charge in [0.25, 0.3) is 5.91 Å². The van der Waals surface area contributed by atoms with E-state index in [4.69, 9.17) is 4.74 Å². The maximum atomic E-state index is 13.3. The van der Waals surface area contributed by atoms with Crippen molar-refractivity contribution in [1.29, 1.82) is 0 Å². The van der Waals surface area contributed by atoms with Crippen LogP contribution in [-0.4, -0.2) is 45.1 Å². The maximum Gasteiger partial charge on any atom is 0.276 e. The number of ether oxygens (including phenoxy) is 1. The molecular weight excluding hydrogens is 328 g/mol. The number of aromatic nitrogens is 3.